The number of hydrogen-bond acceptors (Lipinski definition) is 4. The third-order valence-corrected chi connectivity index (χ3v) is 2.04. The van der Waals surface area contributed by atoms with E-state index in [1.54, 1.807) is 20.8 Å². The van der Waals surface area contributed by atoms with Crippen molar-refractivity contribution in [2.75, 3.05) is 19.7 Å². The molecule has 1 aliphatic rings. The average molecular weight is 230 g/mol. The molecule has 1 rings (SSSR count). The topological polar surface area (TPSA) is 81.9 Å². The molecular formula is C10H18N2O4. The number of amides is 2. The smallest absolute Gasteiger partial charge is 0.410 e. The minimum atomic E-state index is -0.735. The summed E-state index contributed by atoms with van der Waals surface area (Å²) in [6, 6.07) is 0. The number of primary amides is 1. The Balaban J connectivity index is 2.54. The van der Waals surface area contributed by atoms with Gasteiger partial charge < -0.3 is 20.1 Å². The van der Waals surface area contributed by atoms with Crippen molar-refractivity contribution in [3.05, 3.63) is 0 Å². The van der Waals surface area contributed by atoms with Crippen LogP contribution in [-0.4, -0.2) is 48.3 Å². The molecule has 0 aliphatic carbocycles. The first-order valence-corrected chi connectivity index (χ1v) is 5.18. The van der Waals surface area contributed by atoms with Crippen LogP contribution in [0.1, 0.15) is 20.8 Å². The van der Waals surface area contributed by atoms with Crippen LogP contribution in [0.3, 0.4) is 0 Å². The van der Waals surface area contributed by atoms with Gasteiger partial charge >= 0.3 is 6.09 Å². The Hall–Kier alpha value is -1.30. The lowest BCUT2D eigenvalue weighted by molar-refractivity contribution is -0.134. The van der Waals surface area contributed by atoms with Gasteiger partial charge in [-0.3, -0.25) is 4.79 Å². The lowest BCUT2D eigenvalue weighted by atomic mass is 10.2. The number of rotatable bonds is 1. The molecule has 0 aromatic heterocycles. The molecule has 16 heavy (non-hydrogen) atoms. The first kappa shape index (κ1) is 12.8. The molecule has 6 nitrogen and oxygen atoms in total. The number of nitrogens with zero attached hydrogens (tertiary/aromatic N) is 1. The quantitative estimate of drug-likeness (QED) is 0.693. The maximum Gasteiger partial charge on any atom is 0.410 e. The van der Waals surface area contributed by atoms with Crippen molar-refractivity contribution < 1.29 is 19.1 Å². The second-order valence-corrected chi connectivity index (χ2v) is 4.69. The molecule has 1 aliphatic heterocycles. The van der Waals surface area contributed by atoms with Gasteiger partial charge in [-0.15, -0.1) is 0 Å². The van der Waals surface area contributed by atoms with E-state index in [0.29, 0.717) is 13.2 Å². The molecule has 6 heteroatoms. The molecule has 0 spiro atoms. The predicted octanol–water partition coefficient (Wildman–Crippen LogP) is 0.108. The third kappa shape index (κ3) is 3.69. The minimum absolute atomic E-state index is 0.157. The van der Waals surface area contributed by atoms with Crippen molar-refractivity contribution in [3.8, 4) is 0 Å². The Kier molecular flexibility index (Phi) is 3.74. The molecule has 2 amide bonds. The van der Waals surface area contributed by atoms with Gasteiger partial charge in [0.2, 0.25) is 5.91 Å². The predicted molar refractivity (Wildman–Crippen MR) is 56.7 cm³/mol. The lowest BCUT2D eigenvalue weighted by Crippen LogP contribution is -2.51. The minimum Gasteiger partial charge on any atom is -0.444 e. The van der Waals surface area contributed by atoms with Crippen molar-refractivity contribution >= 4 is 12.0 Å². The SMILES string of the molecule is CC(C)(C)OC(=O)N1CCOC(C(N)=O)C1. The summed E-state index contributed by atoms with van der Waals surface area (Å²) in [6.45, 7) is 6.24. The van der Waals surface area contributed by atoms with Crippen molar-refractivity contribution in [1.29, 1.82) is 0 Å². The summed E-state index contributed by atoms with van der Waals surface area (Å²) in [7, 11) is 0. The average Bonchev–Trinajstić information content (AvgIpc) is 2.15. The van der Waals surface area contributed by atoms with Crippen molar-refractivity contribution in [2.45, 2.75) is 32.5 Å². The maximum absolute atomic E-state index is 11.7. The van der Waals surface area contributed by atoms with Gasteiger partial charge in [-0.05, 0) is 20.8 Å². The zero-order valence-corrected chi connectivity index (χ0v) is 9.86. The molecule has 1 atom stereocenters. The van der Waals surface area contributed by atoms with E-state index in [1.165, 1.54) is 4.90 Å². The second kappa shape index (κ2) is 4.69. The van der Waals surface area contributed by atoms with E-state index in [2.05, 4.69) is 0 Å². The van der Waals surface area contributed by atoms with Crippen LogP contribution in [0.2, 0.25) is 0 Å². The van der Waals surface area contributed by atoms with Gasteiger partial charge in [-0.1, -0.05) is 0 Å². The van der Waals surface area contributed by atoms with E-state index < -0.39 is 23.7 Å². The molecule has 1 unspecified atom stereocenters. The van der Waals surface area contributed by atoms with Crippen LogP contribution in [-0.2, 0) is 14.3 Å². The lowest BCUT2D eigenvalue weighted by Gasteiger charge is -2.32. The summed E-state index contributed by atoms with van der Waals surface area (Å²) in [5.41, 5.74) is 4.57. The summed E-state index contributed by atoms with van der Waals surface area (Å²) in [4.78, 5) is 24.0. The van der Waals surface area contributed by atoms with Gasteiger partial charge in [0.25, 0.3) is 0 Å². The number of nitrogens with two attached hydrogens (primary N) is 1. The molecule has 0 aromatic rings. The van der Waals surface area contributed by atoms with Crippen LogP contribution >= 0.6 is 0 Å². The molecule has 0 bridgehead atoms. The fraction of sp³-hybridized carbons (Fsp3) is 0.800. The Morgan fingerprint density at radius 2 is 2.06 bits per heavy atom. The molecular weight excluding hydrogens is 212 g/mol. The van der Waals surface area contributed by atoms with Gasteiger partial charge in [0, 0.05) is 6.54 Å². The van der Waals surface area contributed by atoms with E-state index in [0.717, 1.165) is 0 Å². The first-order chi connectivity index (χ1) is 7.29. The Morgan fingerprint density at radius 1 is 1.44 bits per heavy atom. The zero-order chi connectivity index (χ0) is 12.3. The molecule has 0 saturated carbocycles. The molecule has 1 saturated heterocycles. The number of morpholine rings is 1. The molecule has 2 N–H and O–H groups in total. The molecule has 1 fully saturated rings. The largest absolute Gasteiger partial charge is 0.444 e. The summed E-state index contributed by atoms with van der Waals surface area (Å²) in [5, 5.41) is 0. The van der Waals surface area contributed by atoms with E-state index in [4.69, 9.17) is 15.2 Å². The highest BCUT2D eigenvalue weighted by Gasteiger charge is 2.30. The Bertz CT molecular complexity index is 285. The highest BCUT2D eigenvalue weighted by atomic mass is 16.6. The number of ether oxygens (including phenoxy) is 2. The fourth-order valence-electron chi connectivity index (χ4n) is 1.31. The van der Waals surface area contributed by atoms with Gasteiger partial charge in [0.05, 0.1) is 13.2 Å². The van der Waals surface area contributed by atoms with Gasteiger partial charge in [0.15, 0.2) is 6.10 Å². The highest BCUT2D eigenvalue weighted by Crippen LogP contribution is 2.12. The van der Waals surface area contributed by atoms with E-state index in [1.807, 2.05) is 0 Å². The van der Waals surface area contributed by atoms with Crippen molar-refractivity contribution in [2.24, 2.45) is 5.73 Å². The van der Waals surface area contributed by atoms with Crippen LogP contribution in [0.15, 0.2) is 0 Å². The van der Waals surface area contributed by atoms with Crippen LogP contribution in [0, 0.1) is 0 Å². The molecule has 1 heterocycles. The zero-order valence-electron chi connectivity index (χ0n) is 9.86. The Morgan fingerprint density at radius 3 is 2.56 bits per heavy atom. The van der Waals surface area contributed by atoms with E-state index >= 15 is 0 Å². The standard InChI is InChI=1S/C10H18N2O4/c1-10(2,3)16-9(14)12-4-5-15-7(6-12)8(11)13/h7H,4-6H2,1-3H3,(H2,11,13). The number of carbonyl (C=O) groups is 2. The number of hydrogen-bond donors (Lipinski definition) is 1. The van der Waals surface area contributed by atoms with Gasteiger partial charge in [-0.25, -0.2) is 4.79 Å². The fourth-order valence-corrected chi connectivity index (χ4v) is 1.31. The molecule has 0 aromatic carbocycles. The second-order valence-electron chi connectivity index (χ2n) is 4.69. The van der Waals surface area contributed by atoms with Crippen LogP contribution < -0.4 is 5.73 Å². The highest BCUT2D eigenvalue weighted by molar-refractivity contribution is 5.80. The van der Waals surface area contributed by atoms with Crippen molar-refractivity contribution in [1.82, 2.24) is 4.90 Å². The molecule has 92 valence electrons. The van der Waals surface area contributed by atoms with Crippen molar-refractivity contribution in [3.63, 3.8) is 0 Å². The first-order valence-electron chi connectivity index (χ1n) is 5.18. The van der Waals surface area contributed by atoms with Crippen LogP contribution in [0.25, 0.3) is 0 Å². The monoisotopic (exact) mass is 230 g/mol. The summed E-state index contributed by atoms with van der Waals surface area (Å²) < 4.78 is 10.3. The number of carbonyl (C=O) groups excluding carboxylic acids is 2. The summed E-state index contributed by atoms with van der Waals surface area (Å²) >= 11 is 0. The normalized spacial score (nSPS) is 21.7. The van der Waals surface area contributed by atoms with E-state index in [9.17, 15) is 9.59 Å². The van der Waals surface area contributed by atoms with Gasteiger partial charge in [0.1, 0.15) is 5.60 Å². The van der Waals surface area contributed by atoms with Gasteiger partial charge in [-0.2, -0.15) is 0 Å². The van der Waals surface area contributed by atoms with Crippen LogP contribution in [0.4, 0.5) is 4.79 Å². The Labute approximate surface area is 94.7 Å². The summed E-state index contributed by atoms with van der Waals surface area (Å²) in [6.07, 6.45) is -1.18. The van der Waals surface area contributed by atoms with Crippen LogP contribution in [0.5, 0.6) is 0 Å². The summed E-state index contributed by atoms with van der Waals surface area (Å²) in [5.74, 6) is -0.562. The van der Waals surface area contributed by atoms with E-state index in [-0.39, 0.29) is 6.54 Å². The maximum atomic E-state index is 11.7. The molecule has 0 radical (unpaired) electrons. The third-order valence-electron chi connectivity index (χ3n) is 2.04.